The summed E-state index contributed by atoms with van der Waals surface area (Å²) in [5.74, 6) is -0.667. The van der Waals surface area contributed by atoms with Crippen LogP contribution in [-0.4, -0.2) is 17.0 Å². The molecule has 0 saturated heterocycles. The van der Waals surface area contributed by atoms with E-state index in [9.17, 15) is 13.6 Å². The van der Waals surface area contributed by atoms with Crippen molar-refractivity contribution in [1.82, 2.24) is 4.98 Å². The predicted octanol–water partition coefficient (Wildman–Crippen LogP) is 4.49. The van der Waals surface area contributed by atoms with Crippen molar-refractivity contribution in [2.24, 2.45) is 0 Å². The highest BCUT2D eigenvalue weighted by Crippen LogP contribution is 2.25. The van der Waals surface area contributed by atoms with E-state index >= 15 is 0 Å². The van der Waals surface area contributed by atoms with Gasteiger partial charge in [0, 0.05) is 10.9 Å². The van der Waals surface area contributed by atoms with Gasteiger partial charge < -0.3 is 4.74 Å². The van der Waals surface area contributed by atoms with Gasteiger partial charge in [0.15, 0.2) is 11.2 Å². The van der Waals surface area contributed by atoms with Gasteiger partial charge >= 0.3 is 0 Å². The van der Waals surface area contributed by atoms with Crippen molar-refractivity contribution in [3.8, 4) is 17.0 Å². The molecule has 1 aromatic heterocycles. The maximum Gasteiger partial charge on any atom is 0.266 e. The van der Waals surface area contributed by atoms with E-state index in [4.69, 9.17) is 4.74 Å². The molecule has 0 radical (unpaired) electrons. The maximum absolute atomic E-state index is 13.0. The highest BCUT2D eigenvalue weighted by Gasteiger charge is 2.16. The van der Waals surface area contributed by atoms with Crippen molar-refractivity contribution in [3.63, 3.8) is 0 Å². The Hall–Kier alpha value is -2.80. The van der Waals surface area contributed by atoms with Crippen molar-refractivity contribution in [1.29, 1.82) is 0 Å². The van der Waals surface area contributed by atoms with Crippen LogP contribution in [0, 0.1) is 11.6 Å². The number of nitrogens with zero attached hydrogens (tertiary/aromatic N) is 1. The monoisotopic (exact) mass is 360 g/mol. The minimum Gasteiger partial charge on any atom is -0.481 e. The molecule has 3 aromatic rings. The third-order valence-corrected chi connectivity index (χ3v) is 4.13. The number of aromatic nitrogens is 1. The van der Waals surface area contributed by atoms with Crippen LogP contribution < -0.4 is 10.1 Å². The van der Waals surface area contributed by atoms with Crippen molar-refractivity contribution in [2.45, 2.75) is 13.0 Å². The second-order valence-corrected chi connectivity index (χ2v) is 6.11. The molecule has 0 spiro atoms. The summed E-state index contributed by atoms with van der Waals surface area (Å²) < 4.78 is 31.3. The van der Waals surface area contributed by atoms with E-state index in [1.165, 1.54) is 47.7 Å². The minimum atomic E-state index is -0.774. The molecule has 2 aromatic carbocycles. The number of halogens is 2. The lowest BCUT2D eigenvalue weighted by molar-refractivity contribution is -0.122. The highest BCUT2D eigenvalue weighted by atomic mass is 32.1. The standard InChI is InChI=1S/C18H14F2N2O2S/c1-11(24-15-8-6-14(20)7-9-15)17(23)22-18-21-16(10-25-18)12-2-4-13(19)5-3-12/h2-11H,1H3,(H,21,22,23). The number of ether oxygens (including phenoxy) is 1. The summed E-state index contributed by atoms with van der Waals surface area (Å²) in [7, 11) is 0. The number of hydrogen-bond acceptors (Lipinski definition) is 4. The van der Waals surface area contributed by atoms with E-state index in [-0.39, 0.29) is 17.5 Å². The minimum absolute atomic E-state index is 0.320. The van der Waals surface area contributed by atoms with Gasteiger partial charge in [-0.05, 0) is 55.5 Å². The lowest BCUT2D eigenvalue weighted by Gasteiger charge is -2.13. The smallest absolute Gasteiger partial charge is 0.266 e. The van der Waals surface area contributed by atoms with Crippen molar-refractivity contribution >= 4 is 22.4 Å². The first-order valence-electron chi connectivity index (χ1n) is 7.46. The Morgan fingerprint density at radius 1 is 1.08 bits per heavy atom. The van der Waals surface area contributed by atoms with E-state index in [1.807, 2.05) is 0 Å². The summed E-state index contributed by atoms with van der Waals surface area (Å²) in [6, 6.07) is 11.4. The molecule has 25 heavy (non-hydrogen) atoms. The van der Waals surface area contributed by atoms with Gasteiger partial charge in [0.1, 0.15) is 17.4 Å². The first-order valence-corrected chi connectivity index (χ1v) is 8.34. The molecule has 0 aliphatic heterocycles. The second kappa shape index (κ2) is 7.40. The molecule has 0 aliphatic carbocycles. The summed E-state index contributed by atoms with van der Waals surface area (Å²) in [5.41, 5.74) is 1.40. The average molecular weight is 360 g/mol. The zero-order valence-corrected chi connectivity index (χ0v) is 14.0. The van der Waals surface area contributed by atoms with Crippen LogP contribution in [0.15, 0.2) is 53.9 Å². The van der Waals surface area contributed by atoms with Crippen LogP contribution in [0.1, 0.15) is 6.92 Å². The van der Waals surface area contributed by atoms with E-state index in [0.29, 0.717) is 16.6 Å². The predicted molar refractivity (Wildman–Crippen MR) is 92.6 cm³/mol. The van der Waals surface area contributed by atoms with Crippen molar-refractivity contribution in [3.05, 3.63) is 65.5 Å². The first kappa shape index (κ1) is 17.0. The number of carbonyl (C=O) groups is 1. The summed E-state index contributed by atoms with van der Waals surface area (Å²) in [6.07, 6.45) is -0.774. The van der Waals surface area contributed by atoms with Gasteiger partial charge in [0.05, 0.1) is 5.69 Å². The topological polar surface area (TPSA) is 51.2 Å². The number of amides is 1. The number of benzene rings is 2. The van der Waals surface area contributed by atoms with Crippen LogP contribution >= 0.6 is 11.3 Å². The Morgan fingerprint density at radius 2 is 1.68 bits per heavy atom. The van der Waals surface area contributed by atoms with E-state index in [0.717, 1.165) is 5.56 Å². The van der Waals surface area contributed by atoms with Gasteiger partial charge in [-0.3, -0.25) is 10.1 Å². The molecule has 0 fully saturated rings. The largest absolute Gasteiger partial charge is 0.481 e. The van der Waals surface area contributed by atoms with Gasteiger partial charge in [0.2, 0.25) is 0 Å². The van der Waals surface area contributed by atoms with E-state index < -0.39 is 6.10 Å². The molecular formula is C18H14F2N2O2S. The van der Waals surface area contributed by atoms with Crippen LogP contribution in [-0.2, 0) is 4.79 Å². The number of thiazole rings is 1. The van der Waals surface area contributed by atoms with Crippen LogP contribution in [0.4, 0.5) is 13.9 Å². The van der Waals surface area contributed by atoms with Gasteiger partial charge in [-0.25, -0.2) is 13.8 Å². The zero-order valence-electron chi connectivity index (χ0n) is 13.2. The third-order valence-electron chi connectivity index (χ3n) is 3.37. The Labute approximate surface area is 147 Å². The molecule has 1 N–H and O–H groups in total. The lowest BCUT2D eigenvalue weighted by Crippen LogP contribution is -2.30. The van der Waals surface area contributed by atoms with Crippen molar-refractivity contribution < 1.29 is 18.3 Å². The zero-order chi connectivity index (χ0) is 17.8. The first-order chi connectivity index (χ1) is 12.0. The number of carbonyl (C=O) groups excluding carboxylic acids is 1. The van der Waals surface area contributed by atoms with Crippen LogP contribution in [0.3, 0.4) is 0 Å². The number of rotatable bonds is 5. The fourth-order valence-electron chi connectivity index (χ4n) is 2.06. The molecule has 1 heterocycles. The number of anilines is 1. The Kier molecular flexibility index (Phi) is 5.04. The molecular weight excluding hydrogens is 346 g/mol. The summed E-state index contributed by atoms with van der Waals surface area (Å²) in [5, 5.41) is 4.86. The molecule has 3 rings (SSSR count). The molecule has 4 nitrogen and oxygen atoms in total. The fourth-order valence-corrected chi connectivity index (χ4v) is 2.78. The van der Waals surface area contributed by atoms with Gasteiger partial charge in [0.25, 0.3) is 5.91 Å². The molecule has 1 atom stereocenters. The SMILES string of the molecule is CC(Oc1ccc(F)cc1)C(=O)Nc1nc(-c2ccc(F)cc2)cs1. The summed E-state index contributed by atoms with van der Waals surface area (Å²) >= 11 is 1.26. The van der Waals surface area contributed by atoms with Crippen molar-refractivity contribution in [2.75, 3.05) is 5.32 Å². The average Bonchev–Trinajstić information content (AvgIpc) is 3.06. The summed E-state index contributed by atoms with van der Waals surface area (Å²) in [4.78, 5) is 16.5. The Morgan fingerprint density at radius 3 is 2.32 bits per heavy atom. The second-order valence-electron chi connectivity index (χ2n) is 5.25. The maximum atomic E-state index is 13.0. The molecule has 0 bridgehead atoms. The molecule has 128 valence electrons. The van der Waals surface area contributed by atoms with E-state index in [2.05, 4.69) is 10.3 Å². The number of nitrogens with one attached hydrogen (secondary N) is 1. The molecule has 0 aliphatic rings. The van der Waals surface area contributed by atoms with Crippen LogP contribution in [0.5, 0.6) is 5.75 Å². The lowest BCUT2D eigenvalue weighted by atomic mass is 10.2. The Balaban J connectivity index is 1.62. The van der Waals surface area contributed by atoms with Gasteiger partial charge in [-0.2, -0.15) is 0 Å². The molecule has 1 unspecified atom stereocenters. The van der Waals surface area contributed by atoms with Gasteiger partial charge in [-0.15, -0.1) is 11.3 Å². The molecule has 7 heteroatoms. The fraction of sp³-hybridized carbons (Fsp3) is 0.111. The van der Waals surface area contributed by atoms with Gasteiger partial charge in [-0.1, -0.05) is 0 Å². The normalized spacial score (nSPS) is 11.8. The Bertz CT molecular complexity index is 864. The number of hydrogen-bond donors (Lipinski definition) is 1. The van der Waals surface area contributed by atoms with E-state index in [1.54, 1.807) is 24.4 Å². The highest BCUT2D eigenvalue weighted by molar-refractivity contribution is 7.14. The molecule has 0 saturated carbocycles. The molecule has 1 amide bonds. The van der Waals surface area contributed by atoms with Crippen LogP contribution in [0.2, 0.25) is 0 Å². The summed E-state index contributed by atoms with van der Waals surface area (Å²) in [6.45, 7) is 1.59. The quantitative estimate of drug-likeness (QED) is 0.729. The van der Waals surface area contributed by atoms with Crippen LogP contribution in [0.25, 0.3) is 11.3 Å². The third kappa shape index (κ3) is 4.39.